The lowest BCUT2D eigenvalue weighted by Crippen LogP contribution is -2.29. The Morgan fingerprint density at radius 1 is 0.909 bits per heavy atom. The first kappa shape index (κ1) is 23.1. The summed E-state index contributed by atoms with van der Waals surface area (Å²) in [5.74, 6) is -0.504. The fraction of sp³-hybridized carbons (Fsp3) is 0.0909. The van der Waals surface area contributed by atoms with E-state index in [9.17, 15) is 31.1 Å². The number of nitrogens with zero attached hydrogens (tertiary/aromatic N) is 1. The molecule has 3 aromatic rings. The molecule has 3 nitrogen and oxygen atoms in total. The normalized spacial score (nSPS) is 16.2. The van der Waals surface area contributed by atoms with E-state index in [0.717, 1.165) is 40.9 Å². The van der Waals surface area contributed by atoms with Crippen LogP contribution >= 0.6 is 24.0 Å². The van der Waals surface area contributed by atoms with Gasteiger partial charge in [0, 0.05) is 11.6 Å². The molecular weight excluding hydrogens is 488 g/mol. The van der Waals surface area contributed by atoms with Gasteiger partial charge in [0.05, 0.1) is 21.7 Å². The second-order valence-electron chi connectivity index (χ2n) is 6.81. The summed E-state index contributed by atoms with van der Waals surface area (Å²) in [5.41, 5.74) is -2.06. The number of alkyl halides is 6. The monoisotopic (exact) mass is 499 g/mol. The second kappa shape index (κ2) is 8.38. The molecule has 1 aliphatic heterocycles. The van der Waals surface area contributed by atoms with Crippen LogP contribution in [0.15, 0.2) is 70.0 Å². The summed E-state index contributed by atoms with van der Waals surface area (Å²) in [7, 11) is 0. The number of thioether (sulfide) groups is 1. The fourth-order valence-electron chi connectivity index (χ4n) is 3.15. The minimum atomic E-state index is -4.69. The van der Waals surface area contributed by atoms with Gasteiger partial charge in [-0.1, -0.05) is 48.2 Å². The third-order valence-electron chi connectivity index (χ3n) is 4.62. The predicted molar refractivity (Wildman–Crippen MR) is 116 cm³/mol. The molecule has 0 unspecified atom stereocenters. The van der Waals surface area contributed by atoms with Gasteiger partial charge in [-0.25, -0.2) is 0 Å². The summed E-state index contributed by atoms with van der Waals surface area (Å²) in [6, 6.07) is 12.0. The molecule has 0 aliphatic carbocycles. The van der Waals surface area contributed by atoms with E-state index in [2.05, 4.69) is 0 Å². The van der Waals surface area contributed by atoms with Crippen LogP contribution in [0.2, 0.25) is 0 Å². The van der Waals surface area contributed by atoms with Crippen LogP contribution in [0.4, 0.5) is 32.0 Å². The van der Waals surface area contributed by atoms with Crippen molar-refractivity contribution >= 4 is 46.0 Å². The lowest BCUT2D eigenvalue weighted by atomic mass is 10.1. The number of thiocarbonyl (C=S) groups is 1. The molecule has 2 heterocycles. The molecule has 0 atom stereocenters. The zero-order valence-corrected chi connectivity index (χ0v) is 17.8. The molecule has 11 heteroatoms. The highest BCUT2D eigenvalue weighted by Gasteiger charge is 2.40. The zero-order valence-electron chi connectivity index (χ0n) is 16.2. The van der Waals surface area contributed by atoms with Crippen molar-refractivity contribution in [1.29, 1.82) is 0 Å². The number of carbonyl (C=O) groups is 1. The third kappa shape index (κ3) is 4.69. The Labute approximate surface area is 192 Å². The first-order valence-electron chi connectivity index (χ1n) is 9.17. The Balaban J connectivity index is 1.64. The largest absolute Gasteiger partial charge is 0.457 e. The van der Waals surface area contributed by atoms with Crippen LogP contribution in [0.25, 0.3) is 17.4 Å². The Morgan fingerprint density at radius 3 is 2.33 bits per heavy atom. The third-order valence-corrected chi connectivity index (χ3v) is 5.92. The molecule has 0 N–H and O–H groups in total. The highest BCUT2D eigenvalue weighted by molar-refractivity contribution is 8.27. The smallest absolute Gasteiger partial charge is 0.418 e. The highest BCUT2D eigenvalue weighted by Crippen LogP contribution is 2.42. The van der Waals surface area contributed by atoms with Gasteiger partial charge in [0.2, 0.25) is 0 Å². The van der Waals surface area contributed by atoms with Crippen molar-refractivity contribution < 1.29 is 35.6 Å². The van der Waals surface area contributed by atoms with Gasteiger partial charge >= 0.3 is 12.4 Å². The van der Waals surface area contributed by atoms with Gasteiger partial charge in [-0.2, -0.15) is 26.3 Å². The minimum absolute atomic E-state index is 0.0157. The van der Waals surface area contributed by atoms with Crippen LogP contribution < -0.4 is 4.90 Å². The Kier molecular flexibility index (Phi) is 5.87. The average Bonchev–Trinajstić information content (AvgIpc) is 3.31. The summed E-state index contributed by atoms with van der Waals surface area (Å²) in [5, 5.41) is 0. The van der Waals surface area contributed by atoms with Crippen molar-refractivity contribution in [1.82, 2.24) is 0 Å². The highest BCUT2D eigenvalue weighted by atomic mass is 32.2. The minimum Gasteiger partial charge on any atom is -0.457 e. The first-order chi connectivity index (χ1) is 15.4. The van der Waals surface area contributed by atoms with E-state index >= 15 is 0 Å². The molecule has 1 amide bonds. The van der Waals surface area contributed by atoms with E-state index in [1.807, 2.05) is 0 Å². The van der Waals surface area contributed by atoms with E-state index in [1.165, 1.54) is 42.5 Å². The molecule has 1 fully saturated rings. The number of furan rings is 1. The summed E-state index contributed by atoms with van der Waals surface area (Å²) in [6.45, 7) is 0. The van der Waals surface area contributed by atoms with Crippen LogP contribution in [0.1, 0.15) is 16.9 Å². The number of para-hydroxylation sites is 1. The maximum Gasteiger partial charge on any atom is 0.418 e. The number of amides is 1. The molecule has 2 aromatic carbocycles. The molecule has 170 valence electrons. The van der Waals surface area contributed by atoms with E-state index in [0.29, 0.717) is 0 Å². The number of hydrogen-bond acceptors (Lipinski definition) is 4. The molecule has 1 aliphatic rings. The van der Waals surface area contributed by atoms with Crippen LogP contribution in [-0.2, 0) is 17.1 Å². The van der Waals surface area contributed by atoms with E-state index in [1.54, 1.807) is 0 Å². The van der Waals surface area contributed by atoms with Gasteiger partial charge in [0.1, 0.15) is 11.5 Å². The Morgan fingerprint density at radius 2 is 1.64 bits per heavy atom. The predicted octanol–water partition coefficient (Wildman–Crippen LogP) is 7.39. The summed E-state index contributed by atoms with van der Waals surface area (Å²) in [4.78, 5) is 13.7. The summed E-state index contributed by atoms with van der Waals surface area (Å²) < 4.78 is 84.4. The van der Waals surface area contributed by atoms with Gasteiger partial charge < -0.3 is 4.42 Å². The van der Waals surface area contributed by atoms with Crippen molar-refractivity contribution in [2.24, 2.45) is 0 Å². The standard InChI is InChI=1S/C22H11F6NO2S2/c23-21(24,25)13-5-3-4-12(10-13)17-9-8-14(31-17)11-18-19(30)29(20(32)33-18)16-7-2-1-6-15(16)22(26,27)28/h1-11H/b18-11-. The lowest BCUT2D eigenvalue weighted by Gasteiger charge is -2.19. The number of anilines is 1. The molecule has 1 saturated heterocycles. The SMILES string of the molecule is O=C1/C(=C/c2ccc(-c3cccc(C(F)(F)F)c3)o2)SC(=S)N1c1ccccc1C(F)(F)F. The molecule has 4 rings (SSSR count). The molecule has 0 saturated carbocycles. The van der Waals surface area contributed by atoms with Crippen molar-refractivity contribution in [3.05, 3.63) is 82.5 Å². The molecular formula is C22H11F6NO2S2. The maximum atomic E-state index is 13.4. The van der Waals surface area contributed by atoms with Crippen molar-refractivity contribution in [3.63, 3.8) is 0 Å². The molecule has 0 bridgehead atoms. The fourth-order valence-corrected chi connectivity index (χ4v) is 4.41. The number of hydrogen-bond donors (Lipinski definition) is 0. The average molecular weight is 499 g/mol. The molecule has 0 radical (unpaired) electrons. The number of benzene rings is 2. The van der Waals surface area contributed by atoms with Crippen LogP contribution in [0.5, 0.6) is 0 Å². The van der Waals surface area contributed by atoms with Gasteiger partial charge in [0.25, 0.3) is 5.91 Å². The van der Waals surface area contributed by atoms with Crippen LogP contribution in [0, 0.1) is 0 Å². The van der Waals surface area contributed by atoms with Crippen LogP contribution in [-0.4, -0.2) is 10.2 Å². The second-order valence-corrected chi connectivity index (χ2v) is 8.49. The lowest BCUT2D eigenvalue weighted by molar-refractivity contribution is -0.138. The number of carbonyl (C=O) groups excluding carboxylic acids is 1. The van der Waals surface area contributed by atoms with Crippen molar-refractivity contribution in [2.75, 3.05) is 4.90 Å². The zero-order chi connectivity index (χ0) is 24.0. The van der Waals surface area contributed by atoms with Crippen molar-refractivity contribution in [3.8, 4) is 11.3 Å². The van der Waals surface area contributed by atoms with Gasteiger partial charge in [0.15, 0.2) is 4.32 Å². The van der Waals surface area contributed by atoms with E-state index in [-0.39, 0.29) is 32.0 Å². The topological polar surface area (TPSA) is 33.5 Å². The Bertz CT molecular complexity index is 1280. The number of halogens is 6. The van der Waals surface area contributed by atoms with Gasteiger partial charge in [-0.3, -0.25) is 9.69 Å². The number of rotatable bonds is 3. The van der Waals surface area contributed by atoms with E-state index in [4.69, 9.17) is 16.6 Å². The van der Waals surface area contributed by atoms with Crippen molar-refractivity contribution in [2.45, 2.75) is 12.4 Å². The Hall–Kier alpha value is -3.05. The maximum absolute atomic E-state index is 13.4. The van der Waals surface area contributed by atoms with E-state index < -0.39 is 29.4 Å². The molecule has 0 spiro atoms. The quantitative estimate of drug-likeness (QED) is 0.214. The van der Waals surface area contributed by atoms with Gasteiger partial charge in [-0.15, -0.1) is 0 Å². The molecule has 1 aromatic heterocycles. The van der Waals surface area contributed by atoms with Gasteiger partial charge in [-0.05, 0) is 36.4 Å². The molecule has 33 heavy (non-hydrogen) atoms. The summed E-state index contributed by atoms with van der Waals surface area (Å²) in [6.07, 6.45) is -7.93. The van der Waals surface area contributed by atoms with Crippen LogP contribution in [0.3, 0.4) is 0 Å². The first-order valence-corrected chi connectivity index (χ1v) is 10.4. The summed E-state index contributed by atoms with van der Waals surface area (Å²) >= 11 is 5.92.